The van der Waals surface area contributed by atoms with Crippen LogP contribution in [0.5, 0.6) is 0 Å². The molecule has 0 bridgehead atoms. The minimum Gasteiger partial charge on any atom is -0.312 e. The smallest absolute Gasteiger partial charge is 0.304 e. The second-order valence-electron chi connectivity index (χ2n) is 3.85. The molecule has 18 heavy (non-hydrogen) atoms. The van der Waals surface area contributed by atoms with E-state index in [4.69, 9.17) is 0 Å². The molecule has 1 aromatic carbocycles. The fourth-order valence-corrected chi connectivity index (χ4v) is 1.81. The summed E-state index contributed by atoms with van der Waals surface area (Å²) < 4.78 is 34.9. The molecule has 1 aromatic rings. The molecule has 0 saturated carbocycles. The zero-order valence-electron chi connectivity index (χ0n) is 9.72. The Bertz CT molecular complexity index is 545. The fraction of sp³-hybridized carbons (Fsp3) is 0.400. The number of sulfone groups is 1. The Morgan fingerprint density at radius 2 is 2.11 bits per heavy atom. The molecule has 0 unspecified atom stereocenters. The normalized spacial score (nSPS) is 11.4. The molecule has 0 atom stereocenters. The second kappa shape index (κ2) is 5.87. The lowest BCUT2D eigenvalue weighted by atomic mass is 10.2. The molecule has 0 fully saturated rings. The van der Waals surface area contributed by atoms with E-state index in [0.717, 1.165) is 18.4 Å². The Hall–Kier alpha value is -1.54. The first-order valence-corrected chi connectivity index (χ1v) is 7.17. The van der Waals surface area contributed by atoms with E-state index in [9.17, 15) is 22.9 Å². The molecule has 0 radical (unpaired) electrons. The van der Waals surface area contributed by atoms with Crippen LogP contribution in [0.1, 0.15) is 5.56 Å². The predicted molar refractivity (Wildman–Crippen MR) is 64.5 cm³/mol. The maximum atomic E-state index is 13.2. The van der Waals surface area contributed by atoms with E-state index in [1.165, 1.54) is 6.07 Å². The summed E-state index contributed by atoms with van der Waals surface area (Å²) >= 11 is 0. The summed E-state index contributed by atoms with van der Waals surface area (Å²) in [4.78, 5) is 9.59. The van der Waals surface area contributed by atoms with Crippen LogP contribution in [-0.2, 0) is 16.4 Å². The number of halogens is 1. The van der Waals surface area contributed by atoms with Gasteiger partial charge in [-0.25, -0.2) is 8.42 Å². The summed E-state index contributed by atoms with van der Waals surface area (Å²) in [5.74, 6) is -0.912. The van der Waals surface area contributed by atoms with E-state index < -0.39 is 26.3 Å². The summed E-state index contributed by atoms with van der Waals surface area (Å²) in [5, 5.41) is 13.2. The van der Waals surface area contributed by atoms with Gasteiger partial charge >= 0.3 is 5.69 Å². The van der Waals surface area contributed by atoms with Gasteiger partial charge in [0, 0.05) is 25.4 Å². The summed E-state index contributed by atoms with van der Waals surface area (Å²) in [5.41, 5.74) is -0.0542. The highest BCUT2D eigenvalue weighted by Crippen LogP contribution is 2.17. The largest absolute Gasteiger partial charge is 0.312 e. The highest BCUT2D eigenvalue weighted by molar-refractivity contribution is 7.90. The Balaban J connectivity index is 2.54. The number of hydrogen-bond donors (Lipinski definition) is 1. The average Bonchev–Trinajstić information content (AvgIpc) is 2.22. The maximum absolute atomic E-state index is 13.2. The van der Waals surface area contributed by atoms with Crippen LogP contribution in [0.4, 0.5) is 10.1 Å². The molecule has 0 heterocycles. The second-order valence-corrected chi connectivity index (χ2v) is 6.11. The summed E-state index contributed by atoms with van der Waals surface area (Å²) in [6, 6.07) is 3.57. The number of hydrogen-bond acceptors (Lipinski definition) is 5. The molecule has 1 N–H and O–H groups in total. The molecular formula is C10H13FN2O4S. The van der Waals surface area contributed by atoms with Crippen molar-refractivity contribution in [3.8, 4) is 0 Å². The van der Waals surface area contributed by atoms with Crippen LogP contribution in [-0.4, -0.2) is 31.9 Å². The summed E-state index contributed by atoms with van der Waals surface area (Å²) in [7, 11) is -3.03. The fourth-order valence-electron chi connectivity index (χ4n) is 1.30. The van der Waals surface area contributed by atoms with Gasteiger partial charge in [-0.3, -0.25) is 10.1 Å². The van der Waals surface area contributed by atoms with Crippen LogP contribution in [0.15, 0.2) is 18.2 Å². The number of benzene rings is 1. The van der Waals surface area contributed by atoms with Crippen molar-refractivity contribution in [3.63, 3.8) is 0 Å². The first-order chi connectivity index (χ1) is 8.29. The molecule has 0 aromatic heterocycles. The number of nitrogens with one attached hydrogen (secondary N) is 1. The molecule has 0 saturated heterocycles. The highest BCUT2D eigenvalue weighted by atomic mass is 32.2. The van der Waals surface area contributed by atoms with Crippen LogP contribution in [0, 0.1) is 15.9 Å². The third-order valence-corrected chi connectivity index (χ3v) is 3.13. The van der Waals surface area contributed by atoms with Gasteiger partial charge in [0.2, 0.25) is 5.82 Å². The lowest BCUT2D eigenvalue weighted by Gasteiger charge is -2.04. The van der Waals surface area contributed by atoms with E-state index in [0.29, 0.717) is 5.56 Å². The van der Waals surface area contributed by atoms with Crippen molar-refractivity contribution in [1.82, 2.24) is 5.32 Å². The zero-order valence-corrected chi connectivity index (χ0v) is 10.5. The lowest BCUT2D eigenvalue weighted by Crippen LogP contribution is -2.22. The molecule has 1 rings (SSSR count). The SMILES string of the molecule is CS(=O)(=O)CCNCc1ccc([N+](=O)[O-])c(F)c1. The topological polar surface area (TPSA) is 89.3 Å². The van der Waals surface area contributed by atoms with Crippen molar-refractivity contribution in [2.24, 2.45) is 0 Å². The van der Waals surface area contributed by atoms with Crippen molar-refractivity contribution in [2.45, 2.75) is 6.54 Å². The zero-order chi connectivity index (χ0) is 13.8. The van der Waals surface area contributed by atoms with Crippen molar-refractivity contribution >= 4 is 15.5 Å². The minimum absolute atomic E-state index is 0.0114. The van der Waals surface area contributed by atoms with Gasteiger partial charge in [0.25, 0.3) is 0 Å². The Labute approximate surface area is 104 Å². The summed E-state index contributed by atoms with van der Waals surface area (Å²) in [6.07, 6.45) is 1.13. The number of nitro groups is 1. The van der Waals surface area contributed by atoms with Gasteiger partial charge in [0.15, 0.2) is 0 Å². The van der Waals surface area contributed by atoms with Crippen LogP contribution in [0.2, 0.25) is 0 Å². The van der Waals surface area contributed by atoms with Crippen LogP contribution in [0.3, 0.4) is 0 Å². The van der Waals surface area contributed by atoms with E-state index in [2.05, 4.69) is 5.32 Å². The Kier molecular flexibility index (Phi) is 4.74. The van der Waals surface area contributed by atoms with Crippen LogP contribution in [0.25, 0.3) is 0 Å². The average molecular weight is 276 g/mol. The molecule has 0 aliphatic heterocycles. The predicted octanol–water partition coefficient (Wildman–Crippen LogP) is 0.868. The van der Waals surface area contributed by atoms with Gasteiger partial charge in [-0.15, -0.1) is 0 Å². The van der Waals surface area contributed by atoms with E-state index in [1.54, 1.807) is 0 Å². The molecule has 0 spiro atoms. The van der Waals surface area contributed by atoms with Gasteiger partial charge in [-0.2, -0.15) is 4.39 Å². The van der Waals surface area contributed by atoms with E-state index in [-0.39, 0.29) is 18.8 Å². The van der Waals surface area contributed by atoms with Crippen molar-refractivity contribution < 1.29 is 17.7 Å². The molecule has 6 nitrogen and oxygen atoms in total. The maximum Gasteiger partial charge on any atom is 0.304 e. The number of nitro benzene ring substituents is 1. The molecule has 0 amide bonds. The summed E-state index contributed by atoms with van der Waals surface area (Å²) in [6.45, 7) is 0.502. The number of nitrogens with zero attached hydrogens (tertiary/aromatic N) is 1. The molecule has 8 heteroatoms. The lowest BCUT2D eigenvalue weighted by molar-refractivity contribution is -0.387. The van der Waals surface area contributed by atoms with E-state index >= 15 is 0 Å². The Morgan fingerprint density at radius 3 is 2.61 bits per heavy atom. The number of rotatable bonds is 6. The third-order valence-electron chi connectivity index (χ3n) is 2.19. The monoisotopic (exact) mass is 276 g/mol. The van der Waals surface area contributed by atoms with Crippen LogP contribution < -0.4 is 5.32 Å². The van der Waals surface area contributed by atoms with Crippen molar-refractivity contribution in [3.05, 3.63) is 39.7 Å². The molecule has 0 aliphatic carbocycles. The third kappa shape index (κ3) is 4.76. The Morgan fingerprint density at radius 1 is 1.44 bits per heavy atom. The van der Waals surface area contributed by atoms with Gasteiger partial charge in [-0.05, 0) is 11.6 Å². The minimum atomic E-state index is -3.03. The van der Waals surface area contributed by atoms with Gasteiger partial charge in [0.1, 0.15) is 9.84 Å². The molecule has 100 valence electrons. The van der Waals surface area contributed by atoms with E-state index in [1.807, 2.05) is 0 Å². The molecule has 0 aliphatic rings. The van der Waals surface area contributed by atoms with Gasteiger partial charge in [-0.1, -0.05) is 6.07 Å². The quantitative estimate of drug-likeness (QED) is 0.473. The van der Waals surface area contributed by atoms with Crippen LogP contribution >= 0.6 is 0 Å². The first kappa shape index (κ1) is 14.5. The van der Waals surface area contributed by atoms with Crippen molar-refractivity contribution in [2.75, 3.05) is 18.6 Å². The first-order valence-electron chi connectivity index (χ1n) is 5.11. The van der Waals surface area contributed by atoms with Gasteiger partial charge < -0.3 is 5.32 Å². The highest BCUT2D eigenvalue weighted by Gasteiger charge is 2.13. The van der Waals surface area contributed by atoms with Crippen molar-refractivity contribution in [1.29, 1.82) is 0 Å². The van der Waals surface area contributed by atoms with Gasteiger partial charge in [0.05, 0.1) is 10.7 Å². The molecular weight excluding hydrogens is 263 g/mol. The standard InChI is InChI=1S/C10H13FN2O4S/c1-18(16,17)5-4-12-7-8-2-3-10(13(14)15)9(11)6-8/h2-3,6,12H,4-5,7H2,1H3.